The summed E-state index contributed by atoms with van der Waals surface area (Å²) >= 11 is 0. The van der Waals surface area contributed by atoms with Gasteiger partial charge in [-0.25, -0.2) is 0 Å². The molecule has 0 aliphatic rings. The van der Waals surface area contributed by atoms with Gasteiger partial charge in [-0.3, -0.25) is 0 Å². The molecule has 0 fully saturated rings. The van der Waals surface area contributed by atoms with Gasteiger partial charge in [-0.2, -0.15) is 0 Å². The van der Waals surface area contributed by atoms with E-state index in [1.54, 1.807) is 0 Å². The summed E-state index contributed by atoms with van der Waals surface area (Å²) in [5.74, 6) is 0. The van der Waals surface area contributed by atoms with Gasteiger partial charge in [-0.05, 0) is 56.6 Å². The van der Waals surface area contributed by atoms with E-state index in [4.69, 9.17) is 7.85 Å². The topological polar surface area (TPSA) is 0 Å². The van der Waals surface area contributed by atoms with Crippen molar-refractivity contribution in [2.24, 2.45) is 0 Å². The molecule has 0 heterocycles. The van der Waals surface area contributed by atoms with Crippen LogP contribution in [0.1, 0.15) is 0 Å². The fourth-order valence-corrected chi connectivity index (χ4v) is 3.96. The van der Waals surface area contributed by atoms with E-state index in [1.807, 2.05) is 24.3 Å². The zero-order valence-electron chi connectivity index (χ0n) is 17.2. The molecule has 0 amide bonds. The summed E-state index contributed by atoms with van der Waals surface area (Å²) in [7, 11) is 5.98. The van der Waals surface area contributed by atoms with Crippen LogP contribution in [-0.4, -0.2) is 7.85 Å². The van der Waals surface area contributed by atoms with Crippen molar-refractivity contribution < 1.29 is 0 Å². The molecule has 31 heavy (non-hydrogen) atoms. The fraction of sp³-hybridized carbons (Fsp3) is 0. The second-order valence-corrected chi connectivity index (χ2v) is 7.73. The van der Waals surface area contributed by atoms with Gasteiger partial charge in [-0.15, -0.1) is 0 Å². The SMILES string of the molecule is [B]c1cccc(-c2cccc(-c3cccc(-c4ccc(-c5ccccc5)cc4)c3)c2)c1. The van der Waals surface area contributed by atoms with E-state index in [0.29, 0.717) is 0 Å². The molecule has 5 aromatic carbocycles. The first-order chi connectivity index (χ1) is 15.3. The van der Waals surface area contributed by atoms with Crippen molar-refractivity contribution >= 4 is 13.3 Å². The summed E-state index contributed by atoms with van der Waals surface area (Å²) in [6, 6.07) is 44.6. The predicted molar refractivity (Wildman–Crippen MR) is 134 cm³/mol. The highest BCUT2D eigenvalue weighted by Gasteiger charge is 2.05. The number of rotatable bonds is 4. The summed E-state index contributed by atoms with van der Waals surface area (Å²) in [6.45, 7) is 0. The van der Waals surface area contributed by atoms with Gasteiger partial charge in [0.1, 0.15) is 7.85 Å². The molecule has 0 aromatic heterocycles. The highest BCUT2D eigenvalue weighted by molar-refractivity contribution is 6.32. The van der Waals surface area contributed by atoms with Gasteiger partial charge < -0.3 is 0 Å². The molecule has 0 spiro atoms. The third-order valence-electron chi connectivity index (χ3n) is 5.60. The van der Waals surface area contributed by atoms with Crippen LogP contribution in [0.5, 0.6) is 0 Å². The van der Waals surface area contributed by atoms with E-state index in [1.165, 1.54) is 38.9 Å². The first kappa shape index (κ1) is 19.1. The van der Waals surface area contributed by atoms with Crippen molar-refractivity contribution in [1.82, 2.24) is 0 Å². The molecule has 0 atom stereocenters. The summed E-state index contributed by atoms with van der Waals surface area (Å²) in [6.07, 6.45) is 0. The molecule has 0 unspecified atom stereocenters. The molecule has 0 saturated heterocycles. The third kappa shape index (κ3) is 4.22. The molecule has 144 valence electrons. The number of hydrogen-bond acceptors (Lipinski definition) is 0. The zero-order valence-corrected chi connectivity index (χ0v) is 17.2. The van der Waals surface area contributed by atoms with Gasteiger partial charge in [0.25, 0.3) is 0 Å². The summed E-state index contributed by atoms with van der Waals surface area (Å²) in [5.41, 5.74) is 10.4. The Balaban J connectivity index is 1.46. The maximum Gasteiger partial charge on any atom is 0.113 e. The van der Waals surface area contributed by atoms with Crippen molar-refractivity contribution in [2.75, 3.05) is 0 Å². The van der Waals surface area contributed by atoms with Gasteiger partial charge >= 0.3 is 0 Å². The van der Waals surface area contributed by atoms with Crippen LogP contribution in [-0.2, 0) is 0 Å². The quantitative estimate of drug-likeness (QED) is 0.285. The molecule has 2 radical (unpaired) electrons. The minimum atomic E-state index is 0.781. The monoisotopic (exact) mass is 392 g/mol. The lowest BCUT2D eigenvalue weighted by atomic mass is 9.91. The zero-order chi connectivity index (χ0) is 21.0. The van der Waals surface area contributed by atoms with Crippen LogP contribution in [0.15, 0.2) is 127 Å². The summed E-state index contributed by atoms with van der Waals surface area (Å²) < 4.78 is 0. The lowest BCUT2D eigenvalue weighted by Crippen LogP contribution is -2.00. The van der Waals surface area contributed by atoms with Crippen LogP contribution in [0.2, 0.25) is 0 Å². The lowest BCUT2D eigenvalue weighted by molar-refractivity contribution is 1.57. The molecular formula is C30H21B. The van der Waals surface area contributed by atoms with Gasteiger partial charge in [0.2, 0.25) is 0 Å². The van der Waals surface area contributed by atoms with E-state index in [2.05, 4.69) is 103 Å². The van der Waals surface area contributed by atoms with Crippen LogP contribution in [0, 0.1) is 0 Å². The standard InChI is InChI=1S/C30H21B/c31-30-14-6-13-29(21-30)28-12-5-11-27(20-28)26-10-4-9-25(19-26)24-17-15-23(16-18-24)22-7-2-1-3-8-22/h1-21H. The lowest BCUT2D eigenvalue weighted by Gasteiger charge is -2.10. The predicted octanol–water partition coefficient (Wildman–Crippen LogP) is 7.15. The molecule has 0 nitrogen and oxygen atoms in total. The van der Waals surface area contributed by atoms with Crippen LogP contribution in [0.25, 0.3) is 44.5 Å². The Labute approximate surface area is 185 Å². The van der Waals surface area contributed by atoms with Crippen molar-refractivity contribution in [2.45, 2.75) is 0 Å². The Morgan fingerprint density at radius 2 is 0.645 bits per heavy atom. The van der Waals surface area contributed by atoms with Crippen LogP contribution in [0.3, 0.4) is 0 Å². The first-order valence-corrected chi connectivity index (χ1v) is 10.5. The van der Waals surface area contributed by atoms with Crippen molar-refractivity contribution in [3.05, 3.63) is 127 Å². The van der Waals surface area contributed by atoms with Gasteiger partial charge in [0.05, 0.1) is 0 Å². The number of hydrogen-bond donors (Lipinski definition) is 0. The Hall–Kier alpha value is -3.84. The minimum Gasteiger partial charge on any atom is -0.0961 e. The Morgan fingerprint density at radius 1 is 0.290 bits per heavy atom. The highest BCUT2D eigenvalue weighted by atomic mass is 14.1. The summed E-state index contributed by atoms with van der Waals surface area (Å²) in [5, 5.41) is 0. The molecule has 5 aromatic rings. The molecule has 0 aliphatic carbocycles. The van der Waals surface area contributed by atoms with Crippen LogP contribution in [0.4, 0.5) is 0 Å². The molecule has 0 bridgehead atoms. The smallest absolute Gasteiger partial charge is 0.0961 e. The van der Waals surface area contributed by atoms with Crippen molar-refractivity contribution in [3.8, 4) is 44.5 Å². The number of benzene rings is 5. The maximum atomic E-state index is 5.98. The Bertz CT molecular complexity index is 1320. The Kier molecular flexibility index (Phi) is 5.25. The second kappa shape index (κ2) is 8.49. The van der Waals surface area contributed by atoms with Gasteiger partial charge in [0.15, 0.2) is 0 Å². The van der Waals surface area contributed by atoms with E-state index < -0.39 is 0 Å². The summed E-state index contributed by atoms with van der Waals surface area (Å²) in [4.78, 5) is 0. The van der Waals surface area contributed by atoms with Crippen LogP contribution < -0.4 is 5.46 Å². The minimum absolute atomic E-state index is 0.781. The van der Waals surface area contributed by atoms with E-state index in [0.717, 1.165) is 11.0 Å². The maximum absolute atomic E-state index is 5.98. The van der Waals surface area contributed by atoms with Gasteiger partial charge in [0, 0.05) is 0 Å². The molecule has 0 aliphatic heterocycles. The highest BCUT2D eigenvalue weighted by Crippen LogP contribution is 2.30. The van der Waals surface area contributed by atoms with Gasteiger partial charge in [-0.1, -0.05) is 121 Å². The second-order valence-electron chi connectivity index (χ2n) is 7.73. The molecule has 0 N–H and O–H groups in total. The third-order valence-corrected chi connectivity index (χ3v) is 5.60. The molecular weight excluding hydrogens is 371 g/mol. The molecule has 0 saturated carbocycles. The molecule has 5 rings (SSSR count). The molecule has 1 heteroatoms. The fourth-order valence-electron chi connectivity index (χ4n) is 3.96. The van der Waals surface area contributed by atoms with E-state index >= 15 is 0 Å². The Morgan fingerprint density at radius 3 is 1.16 bits per heavy atom. The normalized spacial score (nSPS) is 10.7. The largest absolute Gasteiger partial charge is 0.113 e. The average molecular weight is 392 g/mol. The van der Waals surface area contributed by atoms with E-state index in [9.17, 15) is 0 Å². The van der Waals surface area contributed by atoms with Crippen molar-refractivity contribution in [3.63, 3.8) is 0 Å². The van der Waals surface area contributed by atoms with Crippen molar-refractivity contribution in [1.29, 1.82) is 0 Å². The van der Waals surface area contributed by atoms with Crippen LogP contribution >= 0.6 is 0 Å². The van der Waals surface area contributed by atoms with E-state index in [-0.39, 0.29) is 0 Å². The first-order valence-electron chi connectivity index (χ1n) is 10.5. The average Bonchev–Trinajstić information content (AvgIpc) is 2.85.